The van der Waals surface area contributed by atoms with Crippen molar-refractivity contribution < 1.29 is 13.6 Å². The minimum Gasteiger partial charge on any atom is -0.351 e. The van der Waals surface area contributed by atoms with Gasteiger partial charge in [-0.1, -0.05) is 12.1 Å². The van der Waals surface area contributed by atoms with E-state index in [0.717, 1.165) is 12.5 Å². The van der Waals surface area contributed by atoms with E-state index in [1.54, 1.807) is 0 Å². The van der Waals surface area contributed by atoms with Crippen molar-refractivity contribution in [1.82, 2.24) is 5.32 Å². The predicted molar refractivity (Wildman–Crippen MR) is 54.6 cm³/mol. The Labute approximate surface area is 91.6 Å². The Bertz CT molecular complexity index is 422. The van der Waals surface area contributed by atoms with Crippen molar-refractivity contribution in [2.45, 2.75) is 24.9 Å². The van der Waals surface area contributed by atoms with Gasteiger partial charge in [-0.3, -0.25) is 4.79 Å². The maximum absolute atomic E-state index is 13.2. The van der Waals surface area contributed by atoms with Gasteiger partial charge in [0.05, 0.1) is 6.42 Å². The molecular weight excluding hydrogens is 214 g/mol. The summed E-state index contributed by atoms with van der Waals surface area (Å²) in [5.41, 5.74) is 5.58. The van der Waals surface area contributed by atoms with Crippen LogP contribution in [-0.4, -0.2) is 18.0 Å². The van der Waals surface area contributed by atoms with Gasteiger partial charge in [0.1, 0.15) is 0 Å². The molecule has 1 amide bonds. The second kappa shape index (κ2) is 4.17. The monoisotopic (exact) mass is 226 g/mol. The van der Waals surface area contributed by atoms with Gasteiger partial charge in [0.15, 0.2) is 11.6 Å². The van der Waals surface area contributed by atoms with E-state index in [1.807, 2.05) is 0 Å². The molecule has 2 rings (SSSR count). The number of amides is 1. The minimum absolute atomic E-state index is 0.00121. The zero-order valence-corrected chi connectivity index (χ0v) is 8.54. The van der Waals surface area contributed by atoms with Gasteiger partial charge in [0.25, 0.3) is 0 Å². The van der Waals surface area contributed by atoms with E-state index in [1.165, 1.54) is 12.1 Å². The first kappa shape index (κ1) is 11.0. The molecule has 16 heavy (non-hydrogen) atoms. The Morgan fingerprint density at radius 1 is 1.50 bits per heavy atom. The van der Waals surface area contributed by atoms with Crippen molar-refractivity contribution in [3.05, 3.63) is 35.4 Å². The Hall–Kier alpha value is -1.49. The highest BCUT2D eigenvalue weighted by atomic mass is 19.2. The van der Waals surface area contributed by atoms with Gasteiger partial charge >= 0.3 is 0 Å². The molecule has 1 aliphatic carbocycles. The fourth-order valence-corrected chi connectivity index (χ4v) is 1.50. The van der Waals surface area contributed by atoms with Crippen LogP contribution >= 0.6 is 0 Å². The number of nitrogens with two attached hydrogens (primary N) is 1. The minimum atomic E-state index is -0.960. The predicted octanol–water partition coefficient (Wildman–Crippen LogP) is 0.723. The molecule has 1 fully saturated rings. The number of hydrogen-bond acceptors (Lipinski definition) is 2. The van der Waals surface area contributed by atoms with Crippen molar-refractivity contribution in [2.24, 2.45) is 5.73 Å². The van der Waals surface area contributed by atoms with Crippen LogP contribution in [0.5, 0.6) is 0 Å². The quantitative estimate of drug-likeness (QED) is 0.798. The molecule has 1 aliphatic rings. The first-order valence-electron chi connectivity index (χ1n) is 5.06. The molecular formula is C11H12F2N2O. The molecule has 1 saturated carbocycles. The first-order valence-corrected chi connectivity index (χ1v) is 5.06. The number of carbonyl (C=O) groups is 1. The summed E-state index contributed by atoms with van der Waals surface area (Å²) >= 11 is 0. The zero-order chi connectivity index (χ0) is 11.7. The lowest BCUT2D eigenvalue weighted by Crippen LogP contribution is -2.31. The molecule has 0 saturated heterocycles. The van der Waals surface area contributed by atoms with Crippen LogP contribution in [-0.2, 0) is 11.2 Å². The smallest absolute Gasteiger partial charge is 0.224 e. The van der Waals surface area contributed by atoms with E-state index >= 15 is 0 Å². The molecule has 0 bridgehead atoms. The van der Waals surface area contributed by atoms with Gasteiger partial charge in [-0.15, -0.1) is 0 Å². The number of hydrogen-bond donors (Lipinski definition) is 2. The van der Waals surface area contributed by atoms with E-state index in [4.69, 9.17) is 5.73 Å². The Morgan fingerprint density at radius 2 is 2.19 bits per heavy atom. The maximum atomic E-state index is 13.2. The first-order chi connectivity index (χ1) is 7.58. The van der Waals surface area contributed by atoms with E-state index in [2.05, 4.69) is 5.32 Å². The van der Waals surface area contributed by atoms with E-state index in [0.29, 0.717) is 0 Å². The van der Waals surface area contributed by atoms with Gasteiger partial charge in [0.2, 0.25) is 5.91 Å². The summed E-state index contributed by atoms with van der Waals surface area (Å²) in [6, 6.07) is 3.79. The molecule has 0 radical (unpaired) electrons. The normalized spacial score (nSPS) is 22.9. The van der Waals surface area contributed by atoms with Crippen LogP contribution in [0, 0.1) is 11.6 Å². The molecule has 5 heteroatoms. The summed E-state index contributed by atoms with van der Waals surface area (Å²) in [6.07, 6.45) is 0.587. The molecule has 0 aliphatic heterocycles. The van der Waals surface area contributed by atoms with Crippen molar-refractivity contribution >= 4 is 5.91 Å². The summed E-state index contributed by atoms with van der Waals surface area (Å²) in [5, 5.41) is 2.65. The van der Waals surface area contributed by atoms with Gasteiger partial charge in [0, 0.05) is 17.6 Å². The number of halogens is 2. The van der Waals surface area contributed by atoms with E-state index in [9.17, 15) is 13.6 Å². The van der Waals surface area contributed by atoms with Crippen LogP contribution in [0.4, 0.5) is 8.78 Å². The molecule has 0 spiro atoms. The fraction of sp³-hybridized carbons (Fsp3) is 0.364. The van der Waals surface area contributed by atoms with Crippen molar-refractivity contribution in [1.29, 1.82) is 0 Å². The molecule has 1 aromatic carbocycles. The zero-order valence-electron chi connectivity index (χ0n) is 8.54. The van der Waals surface area contributed by atoms with Gasteiger partial charge < -0.3 is 11.1 Å². The molecule has 2 unspecified atom stereocenters. The topological polar surface area (TPSA) is 55.1 Å². The molecule has 86 valence electrons. The van der Waals surface area contributed by atoms with Crippen molar-refractivity contribution in [2.75, 3.05) is 0 Å². The lowest BCUT2D eigenvalue weighted by molar-refractivity contribution is -0.120. The van der Waals surface area contributed by atoms with Gasteiger partial charge in [-0.25, -0.2) is 8.78 Å². The maximum Gasteiger partial charge on any atom is 0.224 e. The standard InChI is InChI=1S/C11H12F2N2O/c12-7-3-1-2-6(11(7)13)4-10(16)15-9-5-8(9)14/h1-3,8-9H,4-5,14H2,(H,15,16). The molecule has 3 nitrogen and oxygen atoms in total. The second-order valence-corrected chi connectivity index (χ2v) is 3.96. The van der Waals surface area contributed by atoms with Crippen molar-refractivity contribution in [3.8, 4) is 0 Å². The summed E-state index contributed by atoms with van der Waals surface area (Å²) in [5.74, 6) is -2.23. The van der Waals surface area contributed by atoms with Gasteiger partial charge in [-0.05, 0) is 12.5 Å². The average Bonchev–Trinajstić information content (AvgIpc) is 2.89. The van der Waals surface area contributed by atoms with Crippen LogP contribution in [0.1, 0.15) is 12.0 Å². The van der Waals surface area contributed by atoms with Crippen LogP contribution < -0.4 is 11.1 Å². The molecule has 0 heterocycles. The number of rotatable bonds is 3. The highest BCUT2D eigenvalue weighted by molar-refractivity contribution is 5.79. The Kier molecular flexibility index (Phi) is 2.87. The summed E-state index contributed by atoms with van der Waals surface area (Å²) in [6.45, 7) is 0. The lowest BCUT2D eigenvalue weighted by atomic mass is 10.1. The van der Waals surface area contributed by atoms with Crippen LogP contribution in [0.2, 0.25) is 0 Å². The third-order valence-electron chi connectivity index (χ3n) is 2.57. The lowest BCUT2D eigenvalue weighted by Gasteiger charge is -2.05. The van der Waals surface area contributed by atoms with Crippen LogP contribution in [0.15, 0.2) is 18.2 Å². The van der Waals surface area contributed by atoms with Gasteiger partial charge in [-0.2, -0.15) is 0 Å². The highest BCUT2D eigenvalue weighted by Gasteiger charge is 2.34. The number of nitrogens with one attached hydrogen (secondary N) is 1. The second-order valence-electron chi connectivity index (χ2n) is 3.96. The highest BCUT2D eigenvalue weighted by Crippen LogP contribution is 2.18. The van der Waals surface area contributed by atoms with Crippen LogP contribution in [0.25, 0.3) is 0 Å². The summed E-state index contributed by atoms with van der Waals surface area (Å²) in [7, 11) is 0. The average molecular weight is 226 g/mol. The molecule has 3 N–H and O–H groups in total. The number of benzene rings is 1. The Morgan fingerprint density at radius 3 is 2.81 bits per heavy atom. The van der Waals surface area contributed by atoms with E-state index in [-0.39, 0.29) is 30.0 Å². The SMILES string of the molecule is NC1CC1NC(=O)Cc1cccc(F)c1F. The van der Waals surface area contributed by atoms with Crippen LogP contribution in [0.3, 0.4) is 0 Å². The van der Waals surface area contributed by atoms with E-state index < -0.39 is 11.6 Å². The third kappa shape index (κ3) is 2.36. The molecule has 1 aromatic rings. The largest absolute Gasteiger partial charge is 0.351 e. The third-order valence-corrected chi connectivity index (χ3v) is 2.57. The Balaban J connectivity index is 1.98. The molecule has 2 atom stereocenters. The fourth-order valence-electron chi connectivity index (χ4n) is 1.50. The number of carbonyl (C=O) groups excluding carboxylic acids is 1. The summed E-state index contributed by atoms with van der Waals surface area (Å²) < 4.78 is 26.1. The summed E-state index contributed by atoms with van der Waals surface area (Å²) in [4.78, 5) is 11.4. The molecule has 0 aromatic heterocycles. The van der Waals surface area contributed by atoms with Crippen molar-refractivity contribution in [3.63, 3.8) is 0 Å².